The number of phenols is 1. The molecule has 0 heterocycles. The molecule has 0 aliphatic heterocycles. The fraction of sp³-hybridized carbons (Fsp3) is 0.125. The summed E-state index contributed by atoms with van der Waals surface area (Å²) >= 11 is 5.81. The van der Waals surface area contributed by atoms with Crippen LogP contribution in [-0.2, 0) is 0 Å². The maximum atomic E-state index is 11.0. The number of hydrogen-bond acceptors (Lipinski definition) is 4. The van der Waals surface area contributed by atoms with Crippen molar-refractivity contribution >= 4 is 29.0 Å². The van der Waals surface area contributed by atoms with E-state index in [0.717, 1.165) is 5.56 Å². The summed E-state index contributed by atoms with van der Waals surface area (Å²) < 4.78 is 0. The molecule has 5 nitrogen and oxygen atoms in total. The number of aromatic carboxylic acids is 1. The zero-order valence-electron chi connectivity index (χ0n) is 12.1. The van der Waals surface area contributed by atoms with Crippen LogP contribution in [0.25, 0.3) is 0 Å². The van der Waals surface area contributed by atoms with Gasteiger partial charge in [-0.25, -0.2) is 4.79 Å². The SMILES string of the molecule is CC(=NNc1ccc(Cl)c(C(=O)O)c1)c1ccc(C)cc1O. The Morgan fingerprint density at radius 1 is 1.18 bits per heavy atom. The van der Waals surface area contributed by atoms with Gasteiger partial charge < -0.3 is 10.2 Å². The fourth-order valence-electron chi connectivity index (χ4n) is 1.91. The van der Waals surface area contributed by atoms with Crippen molar-refractivity contribution < 1.29 is 15.0 Å². The lowest BCUT2D eigenvalue weighted by atomic mass is 10.1. The third-order valence-electron chi connectivity index (χ3n) is 3.09. The number of nitrogens with one attached hydrogen (secondary N) is 1. The Labute approximate surface area is 132 Å². The van der Waals surface area contributed by atoms with Gasteiger partial charge in [-0.05, 0) is 49.7 Å². The molecule has 0 aliphatic carbocycles. The van der Waals surface area contributed by atoms with Gasteiger partial charge in [-0.3, -0.25) is 5.43 Å². The second-order valence-electron chi connectivity index (χ2n) is 4.83. The van der Waals surface area contributed by atoms with Gasteiger partial charge in [0.05, 0.1) is 22.0 Å². The highest BCUT2D eigenvalue weighted by Crippen LogP contribution is 2.22. The van der Waals surface area contributed by atoms with Crippen molar-refractivity contribution in [1.82, 2.24) is 0 Å². The van der Waals surface area contributed by atoms with E-state index in [9.17, 15) is 9.90 Å². The first kappa shape index (κ1) is 15.9. The van der Waals surface area contributed by atoms with Gasteiger partial charge in [0.15, 0.2) is 0 Å². The number of aryl methyl sites for hydroxylation is 1. The van der Waals surface area contributed by atoms with E-state index in [4.69, 9.17) is 16.7 Å². The van der Waals surface area contributed by atoms with Crippen molar-refractivity contribution in [3.63, 3.8) is 0 Å². The highest BCUT2D eigenvalue weighted by molar-refractivity contribution is 6.33. The number of hydrazone groups is 1. The summed E-state index contributed by atoms with van der Waals surface area (Å²) in [5, 5.41) is 23.3. The summed E-state index contributed by atoms with van der Waals surface area (Å²) in [6, 6.07) is 9.81. The molecule has 0 atom stereocenters. The number of benzene rings is 2. The van der Waals surface area contributed by atoms with Crippen molar-refractivity contribution in [2.24, 2.45) is 5.10 Å². The second-order valence-corrected chi connectivity index (χ2v) is 5.24. The lowest BCUT2D eigenvalue weighted by molar-refractivity contribution is 0.0697. The highest BCUT2D eigenvalue weighted by atomic mass is 35.5. The molecule has 0 aromatic heterocycles. The van der Waals surface area contributed by atoms with Crippen LogP contribution >= 0.6 is 11.6 Å². The molecule has 0 amide bonds. The predicted molar refractivity (Wildman–Crippen MR) is 87.1 cm³/mol. The van der Waals surface area contributed by atoms with Crippen molar-refractivity contribution in [3.8, 4) is 5.75 Å². The van der Waals surface area contributed by atoms with Gasteiger partial charge in [-0.1, -0.05) is 17.7 Å². The Bertz CT molecular complexity index is 757. The van der Waals surface area contributed by atoms with Crippen molar-refractivity contribution in [2.75, 3.05) is 5.43 Å². The van der Waals surface area contributed by atoms with Crippen molar-refractivity contribution in [3.05, 3.63) is 58.1 Å². The molecule has 3 N–H and O–H groups in total. The van der Waals surface area contributed by atoms with E-state index in [1.165, 1.54) is 12.1 Å². The van der Waals surface area contributed by atoms with Gasteiger partial charge in [0.2, 0.25) is 0 Å². The Morgan fingerprint density at radius 3 is 2.55 bits per heavy atom. The second kappa shape index (κ2) is 6.49. The molecule has 22 heavy (non-hydrogen) atoms. The topological polar surface area (TPSA) is 81.9 Å². The van der Waals surface area contributed by atoms with E-state index in [2.05, 4.69) is 10.5 Å². The third-order valence-corrected chi connectivity index (χ3v) is 3.42. The van der Waals surface area contributed by atoms with Crippen LogP contribution in [0, 0.1) is 6.92 Å². The summed E-state index contributed by atoms with van der Waals surface area (Å²) in [6.07, 6.45) is 0. The van der Waals surface area contributed by atoms with Crippen LogP contribution in [-0.4, -0.2) is 21.9 Å². The largest absolute Gasteiger partial charge is 0.507 e. The first-order valence-electron chi connectivity index (χ1n) is 6.51. The van der Waals surface area contributed by atoms with Gasteiger partial charge in [0.25, 0.3) is 0 Å². The summed E-state index contributed by atoms with van der Waals surface area (Å²) in [4.78, 5) is 11.0. The first-order valence-corrected chi connectivity index (χ1v) is 6.89. The Balaban J connectivity index is 2.24. The van der Waals surface area contributed by atoms with Crippen molar-refractivity contribution in [2.45, 2.75) is 13.8 Å². The molecular weight excluding hydrogens is 304 g/mol. The molecule has 0 bridgehead atoms. The molecular formula is C16H15ClN2O3. The number of carbonyl (C=O) groups is 1. The minimum absolute atomic E-state index is 0.00213. The minimum Gasteiger partial charge on any atom is -0.507 e. The number of rotatable bonds is 4. The van der Waals surface area contributed by atoms with E-state index in [0.29, 0.717) is 17.0 Å². The number of hydrogen-bond donors (Lipinski definition) is 3. The zero-order chi connectivity index (χ0) is 16.3. The fourth-order valence-corrected chi connectivity index (χ4v) is 2.11. The van der Waals surface area contributed by atoms with Crippen LogP contribution in [0.4, 0.5) is 5.69 Å². The zero-order valence-corrected chi connectivity index (χ0v) is 12.8. The molecule has 114 valence electrons. The normalized spacial score (nSPS) is 11.3. The number of nitrogens with zero attached hydrogens (tertiary/aromatic N) is 1. The lowest BCUT2D eigenvalue weighted by Crippen LogP contribution is -2.02. The quantitative estimate of drug-likeness (QED) is 0.590. The monoisotopic (exact) mass is 318 g/mol. The van der Waals surface area contributed by atoms with E-state index < -0.39 is 5.97 Å². The molecule has 0 fully saturated rings. The summed E-state index contributed by atoms with van der Waals surface area (Å²) in [5.41, 5.74) is 5.38. The van der Waals surface area contributed by atoms with Gasteiger partial charge in [0, 0.05) is 5.56 Å². The van der Waals surface area contributed by atoms with Crippen molar-refractivity contribution in [1.29, 1.82) is 0 Å². The number of carboxylic acids is 1. The molecule has 0 spiro atoms. The van der Waals surface area contributed by atoms with E-state index in [1.807, 2.05) is 13.0 Å². The molecule has 0 saturated heterocycles. The van der Waals surface area contributed by atoms with Crippen LogP contribution in [0.2, 0.25) is 5.02 Å². The van der Waals surface area contributed by atoms with Gasteiger partial charge in [-0.2, -0.15) is 5.10 Å². The molecule has 0 saturated carbocycles. The number of phenolic OH excluding ortho intramolecular Hbond substituents is 1. The molecule has 2 aromatic carbocycles. The van der Waals surface area contributed by atoms with E-state index in [1.54, 1.807) is 25.1 Å². The number of carboxylic acid groups (broad SMARTS) is 1. The van der Waals surface area contributed by atoms with Gasteiger partial charge in [0.1, 0.15) is 5.75 Å². The van der Waals surface area contributed by atoms with E-state index in [-0.39, 0.29) is 16.3 Å². The summed E-state index contributed by atoms with van der Waals surface area (Å²) in [6.45, 7) is 3.63. The number of halogens is 1. The standard InChI is InChI=1S/C16H15ClN2O3/c1-9-3-5-12(15(20)7-9)10(2)18-19-11-4-6-14(17)13(8-11)16(21)22/h3-8,19-20H,1-2H3,(H,21,22). The average molecular weight is 319 g/mol. The van der Waals surface area contributed by atoms with Gasteiger partial charge in [-0.15, -0.1) is 0 Å². The average Bonchev–Trinajstić information content (AvgIpc) is 2.45. The minimum atomic E-state index is -1.11. The highest BCUT2D eigenvalue weighted by Gasteiger charge is 2.09. The third kappa shape index (κ3) is 3.56. The van der Waals surface area contributed by atoms with Crippen LogP contribution < -0.4 is 5.43 Å². The smallest absolute Gasteiger partial charge is 0.337 e. The molecule has 0 aliphatic rings. The van der Waals surface area contributed by atoms with Crippen LogP contribution in [0.5, 0.6) is 5.75 Å². The Hall–Kier alpha value is -2.53. The summed E-state index contributed by atoms with van der Waals surface area (Å²) in [7, 11) is 0. The Kier molecular flexibility index (Phi) is 4.68. The maximum absolute atomic E-state index is 11.0. The lowest BCUT2D eigenvalue weighted by Gasteiger charge is -2.07. The van der Waals surface area contributed by atoms with E-state index >= 15 is 0 Å². The molecule has 2 rings (SSSR count). The predicted octanol–water partition coefficient (Wildman–Crippen LogP) is 3.89. The summed E-state index contributed by atoms with van der Waals surface area (Å²) in [5.74, 6) is -0.962. The maximum Gasteiger partial charge on any atom is 0.337 e. The molecule has 2 aromatic rings. The molecule has 0 radical (unpaired) electrons. The molecule has 0 unspecified atom stereocenters. The first-order chi connectivity index (χ1) is 10.4. The van der Waals surface area contributed by atoms with Crippen LogP contribution in [0.3, 0.4) is 0 Å². The number of anilines is 1. The van der Waals surface area contributed by atoms with Gasteiger partial charge >= 0.3 is 5.97 Å². The van der Waals surface area contributed by atoms with Crippen LogP contribution in [0.1, 0.15) is 28.4 Å². The molecule has 6 heteroatoms. The van der Waals surface area contributed by atoms with Crippen LogP contribution in [0.15, 0.2) is 41.5 Å². The number of aromatic hydroxyl groups is 1. The Morgan fingerprint density at radius 2 is 1.91 bits per heavy atom.